The molecule has 0 spiro atoms. The summed E-state index contributed by atoms with van der Waals surface area (Å²) in [6.07, 6.45) is 5.73. The number of anilines is 1. The third-order valence-electron chi connectivity index (χ3n) is 2.93. The number of nitrogens with two attached hydrogens (primary N) is 1. The van der Waals surface area contributed by atoms with Gasteiger partial charge in [-0.25, -0.2) is 10.8 Å². The fourth-order valence-corrected chi connectivity index (χ4v) is 2.00. The molecule has 3 N–H and O–H groups in total. The van der Waals surface area contributed by atoms with Gasteiger partial charge in [0.25, 0.3) is 0 Å². The van der Waals surface area contributed by atoms with E-state index in [-0.39, 0.29) is 0 Å². The Bertz CT molecular complexity index is 336. The van der Waals surface area contributed by atoms with E-state index in [0.717, 1.165) is 18.4 Å². The number of nitrogens with one attached hydrogen (secondary N) is 1. The molecule has 1 fully saturated rings. The Labute approximate surface area is 96.8 Å². The molecule has 4 nitrogen and oxygen atoms in total. The molecule has 0 bridgehead atoms. The zero-order valence-corrected chi connectivity index (χ0v) is 9.82. The minimum absolute atomic E-state index is 0.741. The number of rotatable bonds is 6. The number of hydrogen-bond acceptors (Lipinski definition) is 4. The van der Waals surface area contributed by atoms with Crippen molar-refractivity contribution < 1.29 is 0 Å². The van der Waals surface area contributed by atoms with Gasteiger partial charge in [-0.1, -0.05) is 6.92 Å². The molecule has 1 aliphatic carbocycles. The Hall–Kier alpha value is -1.13. The predicted molar refractivity (Wildman–Crippen MR) is 65.8 cm³/mol. The van der Waals surface area contributed by atoms with Gasteiger partial charge in [0.2, 0.25) is 0 Å². The van der Waals surface area contributed by atoms with Crippen LogP contribution in [0.15, 0.2) is 18.3 Å². The van der Waals surface area contributed by atoms with Gasteiger partial charge in [0, 0.05) is 18.8 Å². The Morgan fingerprint density at radius 1 is 1.56 bits per heavy atom. The zero-order chi connectivity index (χ0) is 11.4. The maximum Gasteiger partial charge on any atom is 0.140 e. The molecule has 0 amide bonds. The van der Waals surface area contributed by atoms with Crippen LogP contribution in [0.25, 0.3) is 0 Å². The van der Waals surface area contributed by atoms with Gasteiger partial charge < -0.3 is 5.43 Å². The largest absolute Gasteiger partial charge is 0.308 e. The molecule has 0 radical (unpaired) electrons. The normalized spacial score (nSPS) is 15.4. The van der Waals surface area contributed by atoms with Crippen molar-refractivity contribution in [1.82, 2.24) is 9.88 Å². The minimum Gasteiger partial charge on any atom is -0.308 e. The van der Waals surface area contributed by atoms with Crippen molar-refractivity contribution in [2.75, 3.05) is 12.0 Å². The van der Waals surface area contributed by atoms with E-state index < -0.39 is 0 Å². The monoisotopic (exact) mass is 220 g/mol. The van der Waals surface area contributed by atoms with E-state index in [1.807, 2.05) is 12.3 Å². The van der Waals surface area contributed by atoms with E-state index in [9.17, 15) is 0 Å². The van der Waals surface area contributed by atoms with Gasteiger partial charge in [-0.2, -0.15) is 0 Å². The van der Waals surface area contributed by atoms with Crippen LogP contribution < -0.4 is 11.3 Å². The van der Waals surface area contributed by atoms with Gasteiger partial charge in [-0.15, -0.1) is 0 Å². The van der Waals surface area contributed by atoms with E-state index >= 15 is 0 Å². The van der Waals surface area contributed by atoms with Crippen molar-refractivity contribution in [3.05, 3.63) is 23.9 Å². The van der Waals surface area contributed by atoms with Crippen molar-refractivity contribution in [2.24, 2.45) is 5.84 Å². The molecule has 0 saturated heterocycles. The number of aromatic nitrogens is 1. The maximum atomic E-state index is 5.35. The molecule has 88 valence electrons. The average molecular weight is 220 g/mol. The molecule has 1 heterocycles. The quantitative estimate of drug-likeness (QED) is 0.566. The lowest BCUT2D eigenvalue weighted by molar-refractivity contribution is 0.255. The van der Waals surface area contributed by atoms with Crippen LogP contribution >= 0.6 is 0 Å². The standard InChI is InChI=1S/C12H20N4/c1-2-7-16(11-3-4-11)9-10-5-6-14-12(8-10)15-13/h5-6,8,11H,2-4,7,9,13H2,1H3,(H,14,15). The lowest BCUT2D eigenvalue weighted by atomic mass is 10.2. The van der Waals surface area contributed by atoms with Gasteiger partial charge in [-0.3, -0.25) is 4.90 Å². The average Bonchev–Trinajstić information content (AvgIpc) is 3.13. The molecule has 0 unspecified atom stereocenters. The Kier molecular flexibility index (Phi) is 3.74. The Morgan fingerprint density at radius 3 is 3.00 bits per heavy atom. The van der Waals surface area contributed by atoms with E-state index in [2.05, 4.69) is 28.3 Å². The van der Waals surface area contributed by atoms with Crippen LogP contribution in [-0.2, 0) is 6.54 Å². The molecule has 16 heavy (non-hydrogen) atoms. The first kappa shape index (κ1) is 11.4. The molecule has 0 aromatic carbocycles. The van der Waals surface area contributed by atoms with Gasteiger partial charge >= 0.3 is 0 Å². The van der Waals surface area contributed by atoms with Crippen molar-refractivity contribution in [3.63, 3.8) is 0 Å². The minimum atomic E-state index is 0.741. The zero-order valence-electron chi connectivity index (χ0n) is 9.82. The highest BCUT2D eigenvalue weighted by molar-refractivity contribution is 5.35. The second-order valence-corrected chi connectivity index (χ2v) is 4.40. The number of pyridine rings is 1. The highest BCUT2D eigenvalue weighted by Gasteiger charge is 2.28. The second kappa shape index (κ2) is 5.27. The molecule has 1 aromatic heterocycles. The van der Waals surface area contributed by atoms with Gasteiger partial charge in [0.05, 0.1) is 0 Å². The van der Waals surface area contributed by atoms with E-state index in [4.69, 9.17) is 5.84 Å². The van der Waals surface area contributed by atoms with Crippen LogP contribution in [0.3, 0.4) is 0 Å². The lowest BCUT2D eigenvalue weighted by Crippen LogP contribution is -2.26. The number of hydrogen-bond donors (Lipinski definition) is 2. The van der Waals surface area contributed by atoms with E-state index in [0.29, 0.717) is 0 Å². The van der Waals surface area contributed by atoms with E-state index in [1.54, 1.807) is 0 Å². The number of hydrazine groups is 1. The van der Waals surface area contributed by atoms with Crippen LogP contribution in [0.5, 0.6) is 0 Å². The molecular formula is C12H20N4. The van der Waals surface area contributed by atoms with Crippen LogP contribution in [-0.4, -0.2) is 22.5 Å². The number of nitrogens with zero attached hydrogens (tertiary/aromatic N) is 2. The third kappa shape index (κ3) is 2.93. The summed E-state index contributed by atoms with van der Waals surface area (Å²) in [5.74, 6) is 6.09. The summed E-state index contributed by atoms with van der Waals surface area (Å²) in [6.45, 7) is 4.42. The van der Waals surface area contributed by atoms with Crippen molar-refractivity contribution in [3.8, 4) is 0 Å². The highest BCUT2D eigenvalue weighted by atomic mass is 15.2. The third-order valence-corrected chi connectivity index (χ3v) is 2.93. The maximum absolute atomic E-state index is 5.35. The SMILES string of the molecule is CCCN(Cc1ccnc(NN)c1)C1CC1. The van der Waals surface area contributed by atoms with Gasteiger partial charge in [0.1, 0.15) is 5.82 Å². The van der Waals surface area contributed by atoms with E-state index in [1.165, 1.54) is 31.4 Å². The van der Waals surface area contributed by atoms with Crippen molar-refractivity contribution >= 4 is 5.82 Å². The van der Waals surface area contributed by atoms with Crippen LogP contribution in [0.4, 0.5) is 5.82 Å². The Balaban J connectivity index is 1.99. The molecule has 4 heteroatoms. The van der Waals surface area contributed by atoms with Gasteiger partial charge in [0.15, 0.2) is 0 Å². The first-order valence-corrected chi connectivity index (χ1v) is 5.99. The second-order valence-electron chi connectivity index (χ2n) is 4.40. The molecule has 0 atom stereocenters. The summed E-state index contributed by atoms with van der Waals surface area (Å²) in [4.78, 5) is 6.67. The first-order chi connectivity index (χ1) is 7.83. The van der Waals surface area contributed by atoms with Crippen molar-refractivity contribution in [1.29, 1.82) is 0 Å². The Morgan fingerprint density at radius 2 is 2.38 bits per heavy atom. The lowest BCUT2D eigenvalue weighted by Gasteiger charge is -2.21. The predicted octanol–water partition coefficient (Wildman–Crippen LogP) is 1.74. The summed E-state index contributed by atoms with van der Waals surface area (Å²) in [6, 6.07) is 4.89. The summed E-state index contributed by atoms with van der Waals surface area (Å²) >= 11 is 0. The fourth-order valence-electron chi connectivity index (χ4n) is 2.00. The smallest absolute Gasteiger partial charge is 0.140 e. The molecule has 0 aliphatic heterocycles. The summed E-state index contributed by atoms with van der Waals surface area (Å²) < 4.78 is 0. The van der Waals surface area contributed by atoms with Crippen LogP contribution in [0.1, 0.15) is 31.7 Å². The molecule has 1 saturated carbocycles. The topological polar surface area (TPSA) is 54.2 Å². The van der Waals surface area contributed by atoms with Crippen LogP contribution in [0, 0.1) is 0 Å². The molecule has 1 aromatic rings. The highest BCUT2D eigenvalue weighted by Crippen LogP contribution is 2.28. The fraction of sp³-hybridized carbons (Fsp3) is 0.583. The summed E-state index contributed by atoms with van der Waals surface area (Å²) in [5, 5.41) is 0. The summed E-state index contributed by atoms with van der Waals surface area (Å²) in [5.41, 5.74) is 3.87. The number of nitrogen functional groups attached to an aromatic ring is 1. The van der Waals surface area contributed by atoms with Gasteiger partial charge in [-0.05, 0) is 43.5 Å². The van der Waals surface area contributed by atoms with Crippen LogP contribution in [0.2, 0.25) is 0 Å². The summed E-state index contributed by atoms with van der Waals surface area (Å²) in [7, 11) is 0. The molecular weight excluding hydrogens is 200 g/mol. The van der Waals surface area contributed by atoms with Crippen molar-refractivity contribution in [2.45, 2.75) is 38.8 Å². The molecule has 2 rings (SSSR count). The first-order valence-electron chi connectivity index (χ1n) is 5.99. The molecule has 1 aliphatic rings.